The van der Waals surface area contributed by atoms with Gasteiger partial charge in [0.2, 0.25) is 0 Å². The molecule has 2 aromatic carbocycles. The first-order valence-electron chi connectivity index (χ1n) is 6.70. The Labute approximate surface area is 133 Å². The highest BCUT2D eigenvalue weighted by atomic mass is 32.2. The minimum absolute atomic E-state index is 0.0455. The lowest BCUT2D eigenvalue weighted by Crippen LogP contribution is -2.27. The summed E-state index contributed by atoms with van der Waals surface area (Å²) in [5.41, 5.74) is 0.160. The predicted octanol–water partition coefficient (Wildman–Crippen LogP) is 1.35. The van der Waals surface area contributed by atoms with E-state index < -0.39 is 21.7 Å². The molecule has 0 atom stereocenters. The van der Waals surface area contributed by atoms with Crippen molar-refractivity contribution in [1.82, 2.24) is 5.32 Å². The fraction of sp³-hybridized carbons (Fsp3) is 0.133. The number of halogens is 1. The van der Waals surface area contributed by atoms with E-state index in [0.717, 1.165) is 12.1 Å². The zero-order valence-corrected chi connectivity index (χ0v) is 12.8. The van der Waals surface area contributed by atoms with Gasteiger partial charge in [-0.3, -0.25) is 9.52 Å². The van der Waals surface area contributed by atoms with Crippen molar-refractivity contribution in [2.75, 3.05) is 17.9 Å². The number of nitrogens with one attached hydrogen (secondary N) is 2. The summed E-state index contributed by atoms with van der Waals surface area (Å²) in [7, 11) is -4.03. The zero-order valence-electron chi connectivity index (χ0n) is 12.0. The molecule has 0 spiro atoms. The average Bonchev–Trinajstić information content (AvgIpc) is 2.53. The lowest BCUT2D eigenvalue weighted by molar-refractivity contribution is 0.0945. The number of rotatable bonds is 6. The van der Waals surface area contributed by atoms with Crippen LogP contribution in [0.2, 0.25) is 0 Å². The van der Waals surface area contributed by atoms with Crippen LogP contribution in [0.4, 0.5) is 10.1 Å². The molecule has 0 heterocycles. The van der Waals surface area contributed by atoms with Gasteiger partial charge in [0.15, 0.2) is 0 Å². The summed E-state index contributed by atoms with van der Waals surface area (Å²) in [4.78, 5) is 11.7. The van der Waals surface area contributed by atoms with Gasteiger partial charge in [-0.2, -0.15) is 0 Å². The number of amides is 1. The Morgan fingerprint density at radius 3 is 2.57 bits per heavy atom. The third-order valence-electron chi connectivity index (χ3n) is 2.92. The van der Waals surface area contributed by atoms with Crippen LogP contribution in [0.25, 0.3) is 0 Å². The van der Waals surface area contributed by atoms with Crippen LogP contribution in [0.5, 0.6) is 0 Å². The number of benzene rings is 2. The van der Waals surface area contributed by atoms with Crippen molar-refractivity contribution in [3.8, 4) is 0 Å². The Hall–Kier alpha value is -2.45. The van der Waals surface area contributed by atoms with Crippen molar-refractivity contribution in [3.05, 3.63) is 59.9 Å². The van der Waals surface area contributed by atoms with Crippen molar-refractivity contribution in [3.63, 3.8) is 0 Å². The summed E-state index contributed by atoms with van der Waals surface area (Å²) in [6.45, 7) is -0.188. The maximum absolute atomic E-state index is 13.2. The van der Waals surface area contributed by atoms with Crippen molar-refractivity contribution in [1.29, 1.82) is 0 Å². The molecule has 0 unspecified atom stereocenters. The SMILES string of the molecule is O=C(NCCO)c1ccccc1NS(=O)(=O)c1cccc(F)c1. The van der Waals surface area contributed by atoms with Gasteiger partial charge in [-0.25, -0.2) is 12.8 Å². The second-order valence-corrected chi connectivity index (χ2v) is 6.27. The molecule has 0 saturated heterocycles. The van der Waals surface area contributed by atoms with Gasteiger partial charge in [0.25, 0.3) is 15.9 Å². The van der Waals surface area contributed by atoms with Crippen LogP contribution in [0.15, 0.2) is 53.4 Å². The average molecular weight is 338 g/mol. The van der Waals surface area contributed by atoms with Gasteiger partial charge in [-0.05, 0) is 30.3 Å². The van der Waals surface area contributed by atoms with Crippen LogP contribution in [0.1, 0.15) is 10.4 Å². The molecule has 122 valence electrons. The molecule has 0 aliphatic rings. The molecule has 0 aliphatic heterocycles. The summed E-state index contributed by atoms with van der Waals surface area (Å²) in [6, 6.07) is 10.6. The first kappa shape index (κ1) is 16.9. The minimum Gasteiger partial charge on any atom is -0.395 e. The zero-order chi connectivity index (χ0) is 16.9. The van der Waals surface area contributed by atoms with Crippen LogP contribution in [0.3, 0.4) is 0 Å². The number of carbonyl (C=O) groups excluding carboxylic acids is 1. The van der Waals surface area contributed by atoms with Crippen molar-refractivity contribution in [2.24, 2.45) is 0 Å². The molecule has 8 heteroatoms. The molecule has 1 amide bonds. The number of para-hydroxylation sites is 1. The van der Waals surface area contributed by atoms with Crippen molar-refractivity contribution >= 4 is 21.6 Å². The number of hydrogen-bond donors (Lipinski definition) is 3. The van der Waals surface area contributed by atoms with Gasteiger partial charge in [-0.15, -0.1) is 0 Å². The molecular weight excluding hydrogens is 323 g/mol. The minimum atomic E-state index is -4.03. The van der Waals surface area contributed by atoms with Gasteiger partial charge in [0.05, 0.1) is 22.8 Å². The largest absolute Gasteiger partial charge is 0.395 e. The first-order chi connectivity index (χ1) is 10.9. The first-order valence-corrected chi connectivity index (χ1v) is 8.19. The Morgan fingerprint density at radius 1 is 1.13 bits per heavy atom. The van der Waals surface area contributed by atoms with E-state index in [1.807, 2.05) is 0 Å². The standard InChI is InChI=1S/C15H15FN2O4S/c16-11-4-3-5-12(10-11)23(21,22)18-14-7-2-1-6-13(14)15(20)17-8-9-19/h1-7,10,18-19H,8-9H2,(H,17,20). The fourth-order valence-corrected chi connectivity index (χ4v) is 2.98. The normalized spacial score (nSPS) is 11.0. The molecule has 2 rings (SSSR count). The second-order valence-electron chi connectivity index (χ2n) is 4.59. The molecule has 2 aromatic rings. The quantitative estimate of drug-likeness (QED) is 0.741. The summed E-state index contributed by atoms with van der Waals surface area (Å²) in [5.74, 6) is -1.21. The lowest BCUT2D eigenvalue weighted by Gasteiger charge is -2.12. The van der Waals surface area contributed by atoms with Gasteiger partial charge in [0, 0.05) is 6.54 Å². The molecule has 23 heavy (non-hydrogen) atoms. The number of carbonyl (C=O) groups is 1. The van der Waals surface area contributed by atoms with Gasteiger partial charge in [-0.1, -0.05) is 18.2 Å². The van der Waals surface area contributed by atoms with Crippen molar-refractivity contribution in [2.45, 2.75) is 4.90 Å². The number of hydrogen-bond acceptors (Lipinski definition) is 4. The van der Waals surface area contributed by atoms with E-state index >= 15 is 0 Å². The Morgan fingerprint density at radius 2 is 1.87 bits per heavy atom. The summed E-state index contributed by atoms with van der Waals surface area (Å²) >= 11 is 0. The molecule has 0 fully saturated rings. The molecule has 0 bridgehead atoms. The third kappa shape index (κ3) is 4.27. The smallest absolute Gasteiger partial charge is 0.262 e. The highest BCUT2D eigenvalue weighted by Crippen LogP contribution is 2.20. The topological polar surface area (TPSA) is 95.5 Å². The number of anilines is 1. The van der Waals surface area contributed by atoms with E-state index in [2.05, 4.69) is 10.0 Å². The summed E-state index contributed by atoms with van der Waals surface area (Å²) in [6.07, 6.45) is 0. The van der Waals surface area contributed by atoms with Crippen LogP contribution < -0.4 is 10.0 Å². The molecule has 0 aliphatic carbocycles. The maximum Gasteiger partial charge on any atom is 0.262 e. The summed E-state index contributed by atoms with van der Waals surface area (Å²) < 4.78 is 40.1. The Bertz CT molecular complexity index is 809. The molecule has 3 N–H and O–H groups in total. The molecule has 0 saturated carbocycles. The van der Waals surface area contributed by atoms with E-state index in [4.69, 9.17) is 5.11 Å². The van der Waals surface area contributed by atoms with Crippen LogP contribution in [-0.4, -0.2) is 32.6 Å². The second kappa shape index (κ2) is 7.21. The fourth-order valence-electron chi connectivity index (χ4n) is 1.87. The van der Waals surface area contributed by atoms with E-state index in [1.165, 1.54) is 24.3 Å². The number of sulfonamides is 1. The monoisotopic (exact) mass is 338 g/mol. The van der Waals surface area contributed by atoms with E-state index in [-0.39, 0.29) is 29.3 Å². The Balaban J connectivity index is 2.31. The Kier molecular flexibility index (Phi) is 5.30. The number of aliphatic hydroxyl groups is 1. The molecule has 6 nitrogen and oxygen atoms in total. The van der Waals surface area contributed by atoms with Gasteiger partial charge in [0.1, 0.15) is 5.82 Å². The maximum atomic E-state index is 13.2. The number of aliphatic hydroxyl groups excluding tert-OH is 1. The predicted molar refractivity (Wildman–Crippen MR) is 83.1 cm³/mol. The highest BCUT2D eigenvalue weighted by molar-refractivity contribution is 7.92. The molecule has 0 aromatic heterocycles. The van der Waals surface area contributed by atoms with E-state index in [0.29, 0.717) is 0 Å². The third-order valence-corrected chi connectivity index (χ3v) is 4.28. The molecular formula is C15H15FN2O4S. The van der Waals surface area contributed by atoms with Gasteiger partial charge < -0.3 is 10.4 Å². The van der Waals surface area contributed by atoms with Crippen LogP contribution in [0, 0.1) is 5.82 Å². The molecule has 0 radical (unpaired) electrons. The van der Waals surface area contributed by atoms with Gasteiger partial charge >= 0.3 is 0 Å². The van der Waals surface area contributed by atoms with E-state index in [9.17, 15) is 17.6 Å². The van der Waals surface area contributed by atoms with E-state index in [1.54, 1.807) is 12.1 Å². The highest BCUT2D eigenvalue weighted by Gasteiger charge is 2.18. The summed E-state index contributed by atoms with van der Waals surface area (Å²) in [5, 5.41) is 11.2. The van der Waals surface area contributed by atoms with Crippen LogP contribution >= 0.6 is 0 Å². The van der Waals surface area contributed by atoms with Crippen molar-refractivity contribution < 1.29 is 22.7 Å². The van der Waals surface area contributed by atoms with Crippen LogP contribution in [-0.2, 0) is 10.0 Å². The lowest BCUT2D eigenvalue weighted by atomic mass is 10.2.